The van der Waals surface area contributed by atoms with Gasteiger partial charge in [-0.2, -0.15) is 0 Å². The van der Waals surface area contributed by atoms with Gasteiger partial charge in [0.2, 0.25) is 0 Å². The van der Waals surface area contributed by atoms with Gasteiger partial charge in [0.05, 0.1) is 11.6 Å². The number of carbonyl (C=O) groups excluding carboxylic acids is 2. The lowest BCUT2D eigenvalue weighted by atomic mass is 9.95. The maximum absolute atomic E-state index is 12.7. The second-order valence-electron chi connectivity index (χ2n) is 8.66. The minimum Gasteiger partial charge on any atom is -0.443 e. The molecule has 1 atom stereocenters. The quantitative estimate of drug-likeness (QED) is 0.807. The molecule has 1 aromatic carbocycles. The monoisotopic (exact) mass is 372 g/mol. The Bertz CT molecular complexity index is 813. The van der Waals surface area contributed by atoms with Crippen molar-refractivity contribution in [1.82, 2.24) is 9.88 Å². The minimum absolute atomic E-state index is 0.0551. The summed E-state index contributed by atoms with van der Waals surface area (Å²) in [5, 5.41) is 4.34. The molecule has 0 aliphatic carbocycles. The van der Waals surface area contributed by atoms with Crippen molar-refractivity contribution in [2.75, 3.05) is 0 Å². The molecular formula is C22H32N2O3. The van der Waals surface area contributed by atoms with Crippen molar-refractivity contribution in [2.24, 2.45) is 5.92 Å². The van der Waals surface area contributed by atoms with Gasteiger partial charge in [-0.05, 0) is 38.8 Å². The molecular weight excluding hydrogens is 340 g/mol. The van der Waals surface area contributed by atoms with E-state index in [1.807, 2.05) is 72.7 Å². The van der Waals surface area contributed by atoms with Crippen LogP contribution in [-0.2, 0) is 16.0 Å². The van der Waals surface area contributed by atoms with Crippen LogP contribution in [0.4, 0.5) is 4.79 Å². The van der Waals surface area contributed by atoms with Crippen LogP contribution in [0.1, 0.15) is 54.0 Å². The Kier molecular flexibility index (Phi) is 6.47. The van der Waals surface area contributed by atoms with Gasteiger partial charge in [-0.15, -0.1) is 0 Å². The largest absolute Gasteiger partial charge is 0.443 e. The summed E-state index contributed by atoms with van der Waals surface area (Å²) >= 11 is 0. The number of ether oxygens (including phenoxy) is 1. The van der Waals surface area contributed by atoms with E-state index in [-0.39, 0.29) is 23.8 Å². The van der Waals surface area contributed by atoms with Gasteiger partial charge in [-0.1, -0.05) is 45.9 Å². The van der Waals surface area contributed by atoms with Crippen LogP contribution in [0.3, 0.4) is 0 Å². The summed E-state index contributed by atoms with van der Waals surface area (Å²) in [6, 6.07) is 7.63. The number of para-hydroxylation sites is 1. The average Bonchev–Trinajstić information content (AvgIpc) is 2.90. The van der Waals surface area contributed by atoms with Crippen LogP contribution < -0.4 is 5.32 Å². The average molecular weight is 373 g/mol. The Balaban J connectivity index is 2.43. The molecule has 0 fully saturated rings. The van der Waals surface area contributed by atoms with E-state index in [1.165, 1.54) is 0 Å². The maximum Gasteiger partial charge on any atom is 0.419 e. The molecule has 5 heteroatoms. The van der Waals surface area contributed by atoms with Gasteiger partial charge in [0.25, 0.3) is 0 Å². The molecule has 0 aliphatic heterocycles. The summed E-state index contributed by atoms with van der Waals surface area (Å²) < 4.78 is 7.09. The molecule has 0 saturated heterocycles. The van der Waals surface area contributed by atoms with E-state index in [9.17, 15) is 9.59 Å². The fourth-order valence-corrected chi connectivity index (χ4v) is 3.14. The molecule has 0 spiro atoms. The zero-order valence-electron chi connectivity index (χ0n) is 17.5. The van der Waals surface area contributed by atoms with Gasteiger partial charge >= 0.3 is 6.09 Å². The van der Waals surface area contributed by atoms with Crippen LogP contribution >= 0.6 is 0 Å². The van der Waals surface area contributed by atoms with E-state index >= 15 is 0 Å². The van der Waals surface area contributed by atoms with Gasteiger partial charge in [0.15, 0.2) is 5.78 Å². The Morgan fingerprint density at radius 2 is 1.74 bits per heavy atom. The number of fused-ring (bicyclic) bond motifs is 1. The maximum atomic E-state index is 12.7. The zero-order chi connectivity index (χ0) is 20.4. The Morgan fingerprint density at radius 1 is 1.11 bits per heavy atom. The van der Waals surface area contributed by atoms with Gasteiger partial charge in [-0.25, -0.2) is 4.79 Å². The summed E-state index contributed by atoms with van der Waals surface area (Å²) in [6.45, 7) is 13.4. The molecule has 0 radical (unpaired) electrons. The third kappa shape index (κ3) is 5.42. The predicted octanol–water partition coefficient (Wildman–Crippen LogP) is 4.56. The molecule has 5 nitrogen and oxygen atoms in total. The molecule has 1 aromatic heterocycles. The SMILES string of the molecule is CC(C)N[C@@H](Cc1cn(C(=O)OC(C)(C)C)c2ccccc12)C(=O)C(C)C. The lowest BCUT2D eigenvalue weighted by molar-refractivity contribution is -0.124. The van der Waals surface area contributed by atoms with Crippen molar-refractivity contribution < 1.29 is 14.3 Å². The Hall–Kier alpha value is -2.14. The molecule has 0 saturated carbocycles. The molecule has 27 heavy (non-hydrogen) atoms. The van der Waals surface area contributed by atoms with Crippen LogP contribution in [0.15, 0.2) is 30.5 Å². The standard InChI is InChI=1S/C22H32N2O3/c1-14(2)20(25)18(23-15(3)4)12-16-13-24(21(26)27-22(5,6)7)19-11-9-8-10-17(16)19/h8-11,13-15,18,23H,12H2,1-7H3/t18-/m0/s1. The van der Waals surface area contributed by atoms with E-state index in [2.05, 4.69) is 5.32 Å². The highest BCUT2D eigenvalue weighted by Gasteiger charge is 2.25. The van der Waals surface area contributed by atoms with Crippen molar-refractivity contribution in [1.29, 1.82) is 0 Å². The van der Waals surface area contributed by atoms with Crippen LogP contribution in [0, 0.1) is 5.92 Å². The topological polar surface area (TPSA) is 60.3 Å². The lowest BCUT2D eigenvalue weighted by Crippen LogP contribution is -2.44. The Morgan fingerprint density at radius 3 is 2.30 bits per heavy atom. The van der Waals surface area contributed by atoms with E-state index < -0.39 is 11.7 Å². The molecule has 0 bridgehead atoms. The number of nitrogens with zero attached hydrogens (tertiary/aromatic N) is 1. The smallest absolute Gasteiger partial charge is 0.419 e. The second kappa shape index (κ2) is 8.26. The van der Waals surface area contributed by atoms with E-state index in [4.69, 9.17) is 4.74 Å². The number of aromatic nitrogens is 1. The number of hydrogen-bond acceptors (Lipinski definition) is 4. The number of ketones is 1. The number of rotatable bonds is 6. The first kappa shape index (κ1) is 21.2. The first-order valence-corrected chi connectivity index (χ1v) is 9.61. The predicted molar refractivity (Wildman–Crippen MR) is 109 cm³/mol. The molecule has 2 aromatic rings. The van der Waals surface area contributed by atoms with Gasteiger partial charge in [-0.3, -0.25) is 9.36 Å². The molecule has 1 N–H and O–H groups in total. The molecule has 1 heterocycles. The normalized spacial score (nSPS) is 13.4. The number of Topliss-reactive ketones (excluding diaryl/α,β-unsaturated/α-hetero) is 1. The molecule has 2 rings (SSSR count). The lowest BCUT2D eigenvalue weighted by Gasteiger charge is -2.22. The number of carbonyl (C=O) groups is 2. The van der Waals surface area contributed by atoms with Crippen molar-refractivity contribution in [3.05, 3.63) is 36.0 Å². The van der Waals surface area contributed by atoms with Crippen molar-refractivity contribution in [3.63, 3.8) is 0 Å². The second-order valence-corrected chi connectivity index (χ2v) is 8.66. The number of hydrogen-bond donors (Lipinski definition) is 1. The zero-order valence-corrected chi connectivity index (χ0v) is 17.5. The van der Waals surface area contributed by atoms with Crippen molar-refractivity contribution in [2.45, 2.75) is 72.6 Å². The minimum atomic E-state index is -0.571. The van der Waals surface area contributed by atoms with E-state index in [1.54, 1.807) is 10.8 Å². The van der Waals surface area contributed by atoms with Gasteiger partial charge in [0.1, 0.15) is 5.60 Å². The van der Waals surface area contributed by atoms with Crippen molar-refractivity contribution in [3.8, 4) is 0 Å². The van der Waals surface area contributed by atoms with Crippen LogP contribution in [-0.4, -0.2) is 34.1 Å². The Labute approximate surface area is 162 Å². The molecule has 0 aliphatic rings. The summed E-state index contributed by atoms with van der Waals surface area (Å²) in [5.41, 5.74) is 1.18. The van der Waals surface area contributed by atoms with Gasteiger partial charge in [0, 0.05) is 23.5 Å². The summed E-state index contributed by atoms with van der Waals surface area (Å²) in [5.74, 6) is 0.123. The van der Waals surface area contributed by atoms with E-state index in [0.717, 1.165) is 16.5 Å². The van der Waals surface area contributed by atoms with Crippen LogP contribution in [0.25, 0.3) is 10.9 Å². The first-order valence-electron chi connectivity index (χ1n) is 9.61. The highest BCUT2D eigenvalue weighted by atomic mass is 16.6. The number of benzene rings is 1. The van der Waals surface area contributed by atoms with Crippen LogP contribution in [0.5, 0.6) is 0 Å². The third-order valence-corrected chi connectivity index (χ3v) is 4.26. The van der Waals surface area contributed by atoms with Gasteiger partial charge < -0.3 is 10.1 Å². The fraction of sp³-hybridized carbons (Fsp3) is 0.545. The first-order chi connectivity index (χ1) is 12.5. The summed E-state index contributed by atoms with van der Waals surface area (Å²) in [4.78, 5) is 25.3. The van der Waals surface area contributed by atoms with Crippen LogP contribution in [0.2, 0.25) is 0 Å². The summed E-state index contributed by atoms with van der Waals surface area (Å²) in [6.07, 6.45) is 1.93. The highest BCUT2D eigenvalue weighted by molar-refractivity contribution is 5.93. The van der Waals surface area contributed by atoms with Crippen molar-refractivity contribution >= 4 is 22.8 Å². The molecule has 148 valence electrons. The van der Waals surface area contributed by atoms with E-state index in [0.29, 0.717) is 6.42 Å². The molecule has 0 unspecified atom stereocenters. The highest BCUT2D eigenvalue weighted by Crippen LogP contribution is 2.24. The summed E-state index contributed by atoms with van der Waals surface area (Å²) in [7, 11) is 0. The third-order valence-electron chi connectivity index (χ3n) is 4.26. The number of nitrogens with one attached hydrogen (secondary N) is 1. The molecule has 0 amide bonds. The fourth-order valence-electron chi connectivity index (χ4n) is 3.14.